The molecule has 0 bridgehead atoms. The van der Waals surface area contributed by atoms with Gasteiger partial charge in [0.2, 0.25) is 0 Å². The zero-order valence-electron chi connectivity index (χ0n) is 18.1. The highest BCUT2D eigenvalue weighted by atomic mass is 14.5. The van der Waals surface area contributed by atoms with Crippen LogP contribution in [0.5, 0.6) is 0 Å². The highest BCUT2D eigenvalue weighted by Gasteiger charge is 2.48. The summed E-state index contributed by atoms with van der Waals surface area (Å²) in [5, 5.41) is 0. The summed E-state index contributed by atoms with van der Waals surface area (Å²) in [6.45, 7) is 23.6. The van der Waals surface area contributed by atoms with Crippen molar-refractivity contribution in [3.63, 3.8) is 0 Å². The van der Waals surface area contributed by atoms with Crippen molar-refractivity contribution < 1.29 is 0 Å². The Morgan fingerprint density at radius 2 is 1.19 bits per heavy atom. The summed E-state index contributed by atoms with van der Waals surface area (Å²) in [4.78, 5) is 0. The second-order valence-electron chi connectivity index (χ2n) is 6.83. The van der Waals surface area contributed by atoms with Crippen LogP contribution in [0.15, 0.2) is 166 Å². The molecule has 1 aliphatic rings. The van der Waals surface area contributed by atoms with Gasteiger partial charge in [-0.15, -0.1) is 0 Å². The largest absolute Gasteiger partial charge is 0.0991 e. The minimum Gasteiger partial charge on any atom is -0.0991 e. The average molecular weight is 403 g/mol. The Kier molecular flexibility index (Phi) is 8.54. The van der Waals surface area contributed by atoms with Crippen LogP contribution in [0.4, 0.5) is 0 Å². The molecular formula is C31H30. The van der Waals surface area contributed by atoms with Crippen molar-refractivity contribution in [3.05, 3.63) is 177 Å². The van der Waals surface area contributed by atoms with E-state index < -0.39 is 5.41 Å². The number of fused-ring (bicyclic) bond motifs is 1. The molecule has 0 saturated carbocycles. The molecule has 0 heterocycles. The molecule has 31 heavy (non-hydrogen) atoms. The lowest BCUT2D eigenvalue weighted by molar-refractivity contribution is 0.766. The van der Waals surface area contributed by atoms with Crippen LogP contribution in [0.3, 0.4) is 0 Å². The molecule has 1 aromatic carbocycles. The quantitative estimate of drug-likeness (QED) is 0.345. The number of hydrogen-bond acceptors (Lipinski definition) is 0. The number of rotatable bonds is 10. The van der Waals surface area contributed by atoms with Gasteiger partial charge in [-0.2, -0.15) is 0 Å². The maximum absolute atomic E-state index is 4.01. The molecule has 1 aliphatic carbocycles. The molecule has 0 heteroatoms. The third-order valence-electron chi connectivity index (χ3n) is 5.17. The summed E-state index contributed by atoms with van der Waals surface area (Å²) >= 11 is 0. The zero-order chi connectivity index (χ0) is 22.7. The van der Waals surface area contributed by atoms with Gasteiger partial charge in [-0.1, -0.05) is 149 Å². The highest BCUT2D eigenvalue weighted by molar-refractivity contribution is 5.95. The molecule has 0 amide bonds. The van der Waals surface area contributed by atoms with Gasteiger partial charge in [-0.25, -0.2) is 0 Å². The summed E-state index contributed by atoms with van der Waals surface area (Å²) in [5.41, 5.74) is 6.02. The topological polar surface area (TPSA) is 0 Å². The first-order valence-corrected chi connectivity index (χ1v) is 10.2. The van der Waals surface area contributed by atoms with Gasteiger partial charge < -0.3 is 0 Å². The fraction of sp³-hybridized carbons (Fsp3) is 0.0323. The van der Waals surface area contributed by atoms with Gasteiger partial charge in [0.25, 0.3) is 0 Å². The number of hydrogen-bond donors (Lipinski definition) is 0. The van der Waals surface area contributed by atoms with E-state index in [2.05, 4.69) is 88.0 Å². The normalized spacial score (nSPS) is 21.4. The molecule has 0 spiro atoms. The lowest BCUT2D eigenvalue weighted by Gasteiger charge is -2.36. The highest BCUT2D eigenvalue weighted by Crippen LogP contribution is 2.58. The summed E-state index contributed by atoms with van der Waals surface area (Å²) < 4.78 is 0. The van der Waals surface area contributed by atoms with Gasteiger partial charge in [0.15, 0.2) is 0 Å². The predicted octanol–water partition coefficient (Wildman–Crippen LogP) is 8.33. The van der Waals surface area contributed by atoms with Crippen LogP contribution in [0.2, 0.25) is 0 Å². The Labute approximate surface area is 187 Å². The molecule has 2 rings (SSSR count). The van der Waals surface area contributed by atoms with Gasteiger partial charge in [0.1, 0.15) is 0 Å². The first-order chi connectivity index (χ1) is 15.2. The average Bonchev–Trinajstić information content (AvgIpc) is 3.05. The monoisotopic (exact) mass is 402 g/mol. The fourth-order valence-electron chi connectivity index (χ4n) is 4.16. The van der Waals surface area contributed by atoms with E-state index in [1.165, 1.54) is 5.56 Å². The second-order valence-corrected chi connectivity index (χ2v) is 6.83. The van der Waals surface area contributed by atoms with E-state index in [-0.39, 0.29) is 0 Å². The second kappa shape index (κ2) is 11.3. The van der Waals surface area contributed by atoms with Crippen LogP contribution >= 0.6 is 0 Å². The molecule has 0 saturated heterocycles. The molecule has 0 aliphatic heterocycles. The number of allylic oxidation sites excluding steroid dienone is 18. The maximum atomic E-state index is 4.01. The third kappa shape index (κ3) is 4.34. The van der Waals surface area contributed by atoms with Crippen LogP contribution in [-0.2, 0) is 5.41 Å². The first kappa shape index (κ1) is 23.4. The SMILES string of the molecule is C=C/C=C\C(=C/C=C)C1(C(/C=C\C=C)=C/C=C)C(=C/C=C)/C(=C\C=C)c2ccccc21. The molecule has 0 nitrogen and oxygen atoms in total. The molecule has 0 aromatic heterocycles. The van der Waals surface area contributed by atoms with Crippen molar-refractivity contribution >= 4 is 5.57 Å². The van der Waals surface area contributed by atoms with E-state index in [1.54, 1.807) is 12.2 Å². The molecule has 0 atom stereocenters. The van der Waals surface area contributed by atoms with Crippen LogP contribution in [0.1, 0.15) is 11.1 Å². The third-order valence-corrected chi connectivity index (χ3v) is 5.17. The lowest BCUT2D eigenvalue weighted by Crippen LogP contribution is -2.29. The van der Waals surface area contributed by atoms with Gasteiger partial charge >= 0.3 is 0 Å². The van der Waals surface area contributed by atoms with Crippen molar-refractivity contribution in [2.45, 2.75) is 5.41 Å². The van der Waals surface area contributed by atoms with Crippen LogP contribution in [-0.4, -0.2) is 0 Å². The summed E-state index contributed by atoms with van der Waals surface area (Å²) in [5.74, 6) is 0. The van der Waals surface area contributed by atoms with Crippen molar-refractivity contribution in [2.24, 2.45) is 0 Å². The van der Waals surface area contributed by atoms with E-state index in [0.29, 0.717) is 0 Å². The van der Waals surface area contributed by atoms with Crippen LogP contribution < -0.4 is 0 Å². The van der Waals surface area contributed by atoms with Crippen molar-refractivity contribution in [1.82, 2.24) is 0 Å². The van der Waals surface area contributed by atoms with Crippen molar-refractivity contribution in [1.29, 1.82) is 0 Å². The molecule has 1 aromatic rings. The van der Waals surface area contributed by atoms with Gasteiger partial charge in [0, 0.05) is 0 Å². The first-order valence-electron chi connectivity index (χ1n) is 10.2. The Hall–Kier alpha value is -3.90. The standard InChI is InChI=1S/C31H30/c1-7-13-21-25(17-9-3)31(26(18-10-4)22-14-8-2)29(20-12-6)27(19-11-5)28-23-15-16-24-30(28)31/h7-24H,1-6H2/b21-13-,22-14-,25-17+,26-18+,27-19-,29-20+. The van der Waals surface area contributed by atoms with Gasteiger partial charge in [-0.3, -0.25) is 0 Å². The minimum atomic E-state index is -0.610. The predicted molar refractivity (Wildman–Crippen MR) is 140 cm³/mol. The fourth-order valence-corrected chi connectivity index (χ4v) is 4.16. The Balaban J connectivity index is 3.21. The molecular weight excluding hydrogens is 372 g/mol. The van der Waals surface area contributed by atoms with Crippen LogP contribution in [0.25, 0.3) is 5.57 Å². The van der Waals surface area contributed by atoms with E-state index in [9.17, 15) is 0 Å². The van der Waals surface area contributed by atoms with Crippen molar-refractivity contribution in [2.75, 3.05) is 0 Å². The van der Waals surface area contributed by atoms with E-state index in [0.717, 1.165) is 27.9 Å². The zero-order valence-corrected chi connectivity index (χ0v) is 18.1. The summed E-state index contributed by atoms with van der Waals surface area (Å²) in [6, 6.07) is 8.45. The van der Waals surface area contributed by atoms with Crippen molar-refractivity contribution in [3.8, 4) is 0 Å². The van der Waals surface area contributed by atoms with E-state index in [4.69, 9.17) is 0 Å². The molecule has 0 N–H and O–H groups in total. The Morgan fingerprint density at radius 3 is 1.68 bits per heavy atom. The van der Waals surface area contributed by atoms with Crippen LogP contribution in [0, 0.1) is 0 Å². The molecule has 154 valence electrons. The molecule has 0 unspecified atom stereocenters. The smallest absolute Gasteiger partial charge is 0.0713 e. The maximum Gasteiger partial charge on any atom is 0.0713 e. The minimum absolute atomic E-state index is 0.610. The molecule has 0 fully saturated rings. The molecule has 0 radical (unpaired) electrons. The van der Waals surface area contributed by atoms with E-state index >= 15 is 0 Å². The summed E-state index contributed by atoms with van der Waals surface area (Å²) in [6.07, 6.45) is 27.1. The Bertz CT molecular complexity index is 1030. The van der Waals surface area contributed by atoms with E-state index in [1.807, 2.05) is 48.6 Å². The Morgan fingerprint density at radius 1 is 0.645 bits per heavy atom. The van der Waals surface area contributed by atoms with Gasteiger partial charge in [-0.05, 0) is 33.4 Å². The number of benzene rings is 1. The lowest BCUT2D eigenvalue weighted by atomic mass is 9.65. The summed E-state index contributed by atoms with van der Waals surface area (Å²) in [7, 11) is 0. The van der Waals surface area contributed by atoms with Gasteiger partial charge in [0.05, 0.1) is 5.41 Å².